The van der Waals surface area contributed by atoms with Crippen molar-refractivity contribution in [3.8, 4) is 11.8 Å². The second-order valence-electron chi connectivity index (χ2n) is 5.01. The molecular weight excluding hydrogens is 290 g/mol. The summed E-state index contributed by atoms with van der Waals surface area (Å²) >= 11 is 0. The number of hydrogen-bond donors (Lipinski definition) is 3. The van der Waals surface area contributed by atoms with Gasteiger partial charge in [-0.15, -0.1) is 0 Å². The zero-order valence-corrected chi connectivity index (χ0v) is 12.7. The number of benzene rings is 2. The minimum atomic E-state index is -0.578. The lowest BCUT2D eigenvalue weighted by Gasteiger charge is -2.07. The van der Waals surface area contributed by atoms with E-state index in [2.05, 4.69) is 10.6 Å². The molecule has 0 aliphatic rings. The Labute approximate surface area is 134 Å². The summed E-state index contributed by atoms with van der Waals surface area (Å²) in [5.74, 6) is -0.628. The predicted octanol–water partition coefficient (Wildman–Crippen LogP) is 2.84. The molecule has 0 aromatic heterocycles. The van der Waals surface area contributed by atoms with Gasteiger partial charge in [-0.3, -0.25) is 4.79 Å². The van der Waals surface area contributed by atoms with Crippen LogP contribution in [0.5, 0.6) is 5.75 Å². The molecule has 0 bridgehead atoms. The van der Waals surface area contributed by atoms with E-state index in [0.717, 1.165) is 11.1 Å². The molecule has 3 N–H and O–H groups in total. The number of para-hydroxylation sites is 2. The van der Waals surface area contributed by atoms with E-state index in [1.807, 2.05) is 37.3 Å². The van der Waals surface area contributed by atoms with Crippen LogP contribution in [0.1, 0.15) is 11.1 Å². The van der Waals surface area contributed by atoms with Gasteiger partial charge in [-0.25, -0.2) is 0 Å². The molecule has 0 radical (unpaired) electrons. The van der Waals surface area contributed by atoms with Crippen molar-refractivity contribution in [3.63, 3.8) is 0 Å². The van der Waals surface area contributed by atoms with Gasteiger partial charge in [-0.05, 0) is 24.6 Å². The Kier molecular flexibility index (Phi) is 5.37. The topological polar surface area (TPSA) is 85.2 Å². The third kappa shape index (κ3) is 4.61. The number of amides is 1. The number of nitriles is 1. The van der Waals surface area contributed by atoms with Crippen LogP contribution in [-0.4, -0.2) is 11.0 Å². The number of aryl methyl sites for hydroxylation is 1. The van der Waals surface area contributed by atoms with Crippen LogP contribution < -0.4 is 10.6 Å². The Hall–Kier alpha value is -3.26. The van der Waals surface area contributed by atoms with Gasteiger partial charge in [0.05, 0.1) is 5.69 Å². The van der Waals surface area contributed by atoms with Crippen LogP contribution in [0.15, 0.2) is 60.3 Å². The Bertz CT molecular complexity index is 776. The highest BCUT2D eigenvalue weighted by molar-refractivity contribution is 6.07. The molecule has 0 saturated heterocycles. The fourth-order valence-electron chi connectivity index (χ4n) is 2.01. The molecule has 0 heterocycles. The molecule has 1 amide bonds. The monoisotopic (exact) mass is 307 g/mol. The number of rotatable bonds is 5. The van der Waals surface area contributed by atoms with Gasteiger partial charge in [0.2, 0.25) is 0 Å². The van der Waals surface area contributed by atoms with E-state index in [4.69, 9.17) is 5.26 Å². The number of carbonyl (C=O) groups excluding carboxylic acids is 1. The van der Waals surface area contributed by atoms with Crippen molar-refractivity contribution in [1.82, 2.24) is 5.32 Å². The number of phenolic OH excluding ortho intramolecular Hbond substituents is 1. The minimum absolute atomic E-state index is 0.0501. The summed E-state index contributed by atoms with van der Waals surface area (Å²) in [5.41, 5.74) is 2.39. The van der Waals surface area contributed by atoms with Gasteiger partial charge < -0.3 is 15.7 Å². The van der Waals surface area contributed by atoms with E-state index in [1.54, 1.807) is 18.2 Å². The molecule has 23 heavy (non-hydrogen) atoms. The number of nitrogens with zero attached hydrogens (tertiary/aromatic N) is 1. The predicted molar refractivity (Wildman–Crippen MR) is 88.5 cm³/mol. The second kappa shape index (κ2) is 7.66. The van der Waals surface area contributed by atoms with Crippen molar-refractivity contribution >= 4 is 11.6 Å². The molecule has 0 atom stereocenters. The summed E-state index contributed by atoms with van der Waals surface area (Å²) in [6.45, 7) is 2.51. The molecule has 0 fully saturated rings. The van der Waals surface area contributed by atoms with Crippen LogP contribution in [0.3, 0.4) is 0 Å². The highest BCUT2D eigenvalue weighted by Crippen LogP contribution is 2.21. The van der Waals surface area contributed by atoms with Crippen molar-refractivity contribution in [2.75, 3.05) is 5.32 Å². The van der Waals surface area contributed by atoms with Gasteiger partial charge in [0, 0.05) is 12.7 Å². The van der Waals surface area contributed by atoms with E-state index >= 15 is 0 Å². The van der Waals surface area contributed by atoms with Gasteiger partial charge in [-0.2, -0.15) is 5.26 Å². The first-order chi connectivity index (χ1) is 11.1. The fourth-order valence-corrected chi connectivity index (χ4v) is 2.01. The van der Waals surface area contributed by atoms with Crippen molar-refractivity contribution in [3.05, 3.63) is 71.4 Å². The van der Waals surface area contributed by atoms with Crippen molar-refractivity contribution in [2.45, 2.75) is 13.5 Å². The van der Waals surface area contributed by atoms with Crippen LogP contribution in [0.25, 0.3) is 0 Å². The van der Waals surface area contributed by atoms with E-state index in [0.29, 0.717) is 6.54 Å². The summed E-state index contributed by atoms with van der Waals surface area (Å²) in [6, 6.07) is 16.1. The third-order valence-corrected chi connectivity index (χ3v) is 3.15. The molecule has 5 heteroatoms. The van der Waals surface area contributed by atoms with Crippen LogP contribution in [0.4, 0.5) is 5.69 Å². The summed E-state index contributed by atoms with van der Waals surface area (Å²) in [6.07, 6.45) is 1.37. The van der Waals surface area contributed by atoms with E-state index < -0.39 is 5.91 Å². The lowest BCUT2D eigenvalue weighted by molar-refractivity contribution is -0.112. The highest BCUT2D eigenvalue weighted by atomic mass is 16.3. The second-order valence-corrected chi connectivity index (χ2v) is 5.01. The number of carbonyl (C=O) groups is 1. The van der Waals surface area contributed by atoms with Crippen molar-refractivity contribution in [1.29, 1.82) is 5.26 Å². The number of aromatic hydroxyl groups is 1. The standard InChI is InChI=1S/C18H17N3O2/c1-13-5-4-6-14(9-13)11-20-12-15(10-19)18(23)21-16-7-2-3-8-17(16)22/h2-9,12,20,22H,11H2,1H3,(H,21,23)/b15-12-. The zero-order valence-electron chi connectivity index (χ0n) is 12.7. The van der Waals surface area contributed by atoms with Crippen LogP contribution >= 0.6 is 0 Å². The zero-order chi connectivity index (χ0) is 16.7. The molecule has 0 saturated carbocycles. The lowest BCUT2D eigenvalue weighted by Crippen LogP contribution is -2.16. The van der Waals surface area contributed by atoms with Crippen LogP contribution in [0, 0.1) is 18.3 Å². The third-order valence-electron chi connectivity index (χ3n) is 3.15. The summed E-state index contributed by atoms with van der Waals surface area (Å²) in [5, 5.41) is 24.2. The first kappa shape index (κ1) is 16.1. The maximum atomic E-state index is 12.0. The first-order valence-corrected chi connectivity index (χ1v) is 7.08. The summed E-state index contributed by atoms with van der Waals surface area (Å²) < 4.78 is 0. The van der Waals surface area contributed by atoms with E-state index in [1.165, 1.54) is 12.3 Å². The Morgan fingerprint density at radius 2 is 2.04 bits per heavy atom. The minimum Gasteiger partial charge on any atom is -0.506 e. The fraction of sp³-hybridized carbons (Fsp3) is 0.111. The number of anilines is 1. The summed E-state index contributed by atoms with van der Waals surface area (Å²) in [7, 11) is 0. The first-order valence-electron chi connectivity index (χ1n) is 7.08. The summed E-state index contributed by atoms with van der Waals surface area (Å²) in [4.78, 5) is 12.0. The van der Waals surface area contributed by atoms with E-state index in [-0.39, 0.29) is 17.0 Å². The quantitative estimate of drug-likeness (QED) is 0.450. The van der Waals surface area contributed by atoms with Gasteiger partial charge in [0.1, 0.15) is 17.4 Å². The molecular formula is C18H17N3O2. The average Bonchev–Trinajstić information content (AvgIpc) is 2.54. The Morgan fingerprint density at radius 3 is 2.74 bits per heavy atom. The van der Waals surface area contributed by atoms with E-state index in [9.17, 15) is 9.90 Å². The lowest BCUT2D eigenvalue weighted by atomic mass is 10.1. The SMILES string of the molecule is Cc1cccc(CN/C=C(/C#N)C(=O)Nc2ccccc2O)c1. The largest absolute Gasteiger partial charge is 0.506 e. The molecule has 5 nitrogen and oxygen atoms in total. The van der Waals surface area contributed by atoms with Gasteiger partial charge >= 0.3 is 0 Å². The molecule has 2 aromatic rings. The van der Waals surface area contributed by atoms with Gasteiger partial charge in [0.15, 0.2) is 0 Å². The average molecular weight is 307 g/mol. The smallest absolute Gasteiger partial charge is 0.267 e. The molecule has 116 valence electrons. The molecule has 0 unspecified atom stereocenters. The van der Waals surface area contributed by atoms with Gasteiger partial charge in [0.25, 0.3) is 5.91 Å². The van der Waals surface area contributed by atoms with Crippen LogP contribution in [0.2, 0.25) is 0 Å². The normalized spacial score (nSPS) is 10.7. The Balaban J connectivity index is 2.00. The molecule has 0 aliphatic heterocycles. The maximum absolute atomic E-state index is 12.0. The highest BCUT2D eigenvalue weighted by Gasteiger charge is 2.11. The van der Waals surface area contributed by atoms with Gasteiger partial charge in [-0.1, -0.05) is 42.0 Å². The van der Waals surface area contributed by atoms with Crippen LogP contribution in [-0.2, 0) is 11.3 Å². The van der Waals surface area contributed by atoms with Crippen molar-refractivity contribution < 1.29 is 9.90 Å². The number of nitrogens with one attached hydrogen (secondary N) is 2. The van der Waals surface area contributed by atoms with Crippen molar-refractivity contribution in [2.24, 2.45) is 0 Å². The molecule has 0 spiro atoms. The molecule has 2 aromatic carbocycles. The maximum Gasteiger partial charge on any atom is 0.267 e. The number of phenols is 1. The Morgan fingerprint density at radius 1 is 1.26 bits per heavy atom. The molecule has 0 aliphatic carbocycles. The molecule has 2 rings (SSSR count). The number of hydrogen-bond acceptors (Lipinski definition) is 4.